The molecule has 0 radical (unpaired) electrons. The van der Waals surface area contributed by atoms with E-state index in [1.807, 2.05) is 6.92 Å². The average Bonchev–Trinajstić information content (AvgIpc) is 1.98. The van der Waals surface area contributed by atoms with Crippen LogP contribution < -0.4 is 0 Å². The molecule has 10 heavy (non-hydrogen) atoms. The molecule has 2 atom stereocenters. The maximum absolute atomic E-state index is 9.11. The first kappa shape index (κ1) is 10.2. The second-order valence-corrected chi connectivity index (χ2v) is 2.74. The highest BCUT2D eigenvalue weighted by atomic mass is 35.5. The largest absolute Gasteiger partial charge is 0.390 e. The summed E-state index contributed by atoms with van der Waals surface area (Å²) in [5.41, 5.74) is 0. The molecule has 0 aromatic rings. The van der Waals surface area contributed by atoms with Crippen LogP contribution in [0.15, 0.2) is 0 Å². The van der Waals surface area contributed by atoms with Gasteiger partial charge in [0.1, 0.15) is 0 Å². The Morgan fingerprint density at radius 3 is 2.30 bits per heavy atom. The van der Waals surface area contributed by atoms with Gasteiger partial charge >= 0.3 is 0 Å². The third kappa shape index (κ3) is 4.09. The maximum atomic E-state index is 9.11. The van der Waals surface area contributed by atoms with Gasteiger partial charge in [-0.15, -0.1) is 11.6 Å². The molecular formula is C7H15ClO2. The van der Waals surface area contributed by atoms with Crippen LogP contribution in [-0.4, -0.2) is 28.3 Å². The predicted molar refractivity (Wildman–Crippen MR) is 42.3 cm³/mol. The Morgan fingerprint density at radius 2 is 1.90 bits per heavy atom. The lowest BCUT2D eigenvalue weighted by atomic mass is 10.1. The Labute approximate surface area is 66.8 Å². The standard InChI is InChI=1S/C7H15ClO2/c1-2-3-4-6(9)7(10)5-8/h6-7,9-10H,2-5H2,1H3/t6-,7-/m0/s1. The second kappa shape index (κ2) is 5.96. The van der Waals surface area contributed by atoms with Crippen molar-refractivity contribution in [2.45, 2.75) is 38.4 Å². The minimum Gasteiger partial charge on any atom is -0.390 e. The average molecular weight is 167 g/mol. The van der Waals surface area contributed by atoms with Gasteiger partial charge < -0.3 is 10.2 Å². The molecule has 0 saturated heterocycles. The van der Waals surface area contributed by atoms with Crippen molar-refractivity contribution in [2.24, 2.45) is 0 Å². The molecule has 0 heterocycles. The molecule has 2 nitrogen and oxygen atoms in total. The number of halogens is 1. The molecular weight excluding hydrogens is 152 g/mol. The zero-order valence-corrected chi connectivity index (χ0v) is 7.01. The summed E-state index contributed by atoms with van der Waals surface area (Å²) in [6.07, 6.45) is 1.22. The van der Waals surface area contributed by atoms with E-state index in [9.17, 15) is 0 Å². The number of rotatable bonds is 5. The van der Waals surface area contributed by atoms with Crippen LogP contribution in [0.5, 0.6) is 0 Å². The first-order valence-corrected chi connectivity index (χ1v) is 4.18. The van der Waals surface area contributed by atoms with Crippen LogP contribution in [0.3, 0.4) is 0 Å². The molecule has 0 fully saturated rings. The summed E-state index contributed by atoms with van der Waals surface area (Å²) in [6, 6.07) is 0. The lowest BCUT2D eigenvalue weighted by molar-refractivity contribution is 0.0270. The minimum absolute atomic E-state index is 0.116. The van der Waals surface area contributed by atoms with Gasteiger partial charge in [0.2, 0.25) is 0 Å². The molecule has 3 heteroatoms. The van der Waals surface area contributed by atoms with Gasteiger partial charge in [-0.2, -0.15) is 0 Å². The van der Waals surface area contributed by atoms with Crippen LogP contribution in [0.4, 0.5) is 0 Å². The molecule has 0 spiro atoms. The molecule has 0 unspecified atom stereocenters. The molecule has 0 aromatic heterocycles. The molecule has 0 aliphatic heterocycles. The number of aliphatic hydroxyl groups is 2. The van der Waals surface area contributed by atoms with Gasteiger partial charge in [-0.25, -0.2) is 0 Å². The molecule has 0 bridgehead atoms. The highest BCUT2D eigenvalue weighted by Gasteiger charge is 2.13. The molecule has 62 valence electrons. The highest BCUT2D eigenvalue weighted by Crippen LogP contribution is 2.05. The van der Waals surface area contributed by atoms with E-state index in [2.05, 4.69) is 0 Å². The first-order chi connectivity index (χ1) is 4.72. The third-order valence-corrected chi connectivity index (χ3v) is 1.77. The fraction of sp³-hybridized carbons (Fsp3) is 1.00. The van der Waals surface area contributed by atoms with Crippen molar-refractivity contribution in [3.05, 3.63) is 0 Å². The lowest BCUT2D eigenvalue weighted by Crippen LogP contribution is -2.27. The van der Waals surface area contributed by atoms with Crippen molar-refractivity contribution in [1.29, 1.82) is 0 Å². The van der Waals surface area contributed by atoms with Gasteiger partial charge in [-0.3, -0.25) is 0 Å². The van der Waals surface area contributed by atoms with E-state index in [-0.39, 0.29) is 5.88 Å². The van der Waals surface area contributed by atoms with Gasteiger partial charge in [0, 0.05) is 0 Å². The van der Waals surface area contributed by atoms with Crippen LogP contribution in [0, 0.1) is 0 Å². The SMILES string of the molecule is CCCC[C@H](O)[C@@H](O)CCl. The molecule has 0 rings (SSSR count). The molecule has 0 saturated carbocycles. The zero-order valence-electron chi connectivity index (χ0n) is 6.26. The quantitative estimate of drug-likeness (QED) is 0.602. The van der Waals surface area contributed by atoms with E-state index in [1.165, 1.54) is 0 Å². The second-order valence-electron chi connectivity index (χ2n) is 2.43. The van der Waals surface area contributed by atoms with Crippen molar-refractivity contribution >= 4 is 11.6 Å². The summed E-state index contributed by atoms with van der Waals surface area (Å²) < 4.78 is 0. The van der Waals surface area contributed by atoms with E-state index in [0.29, 0.717) is 6.42 Å². The summed E-state index contributed by atoms with van der Waals surface area (Å²) in [7, 11) is 0. The fourth-order valence-corrected chi connectivity index (χ4v) is 0.914. The number of aliphatic hydroxyl groups excluding tert-OH is 2. The molecule has 0 amide bonds. The van der Waals surface area contributed by atoms with Gasteiger partial charge in [0.25, 0.3) is 0 Å². The summed E-state index contributed by atoms with van der Waals surface area (Å²) in [6.45, 7) is 2.04. The molecule has 0 aliphatic rings. The van der Waals surface area contributed by atoms with E-state index in [4.69, 9.17) is 21.8 Å². The Bertz CT molecular complexity index is 78.0. The van der Waals surface area contributed by atoms with Gasteiger partial charge in [0.05, 0.1) is 18.1 Å². The lowest BCUT2D eigenvalue weighted by Gasteiger charge is -2.13. The van der Waals surface area contributed by atoms with Crippen molar-refractivity contribution < 1.29 is 10.2 Å². The molecule has 0 aliphatic carbocycles. The van der Waals surface area contributed by atoms with Crippen LogP contribution in [0.25, 0.3) is 0 Å². The Hall–Kier alpha value is 0.210. The van der Waals surface area contributed by atoms with Gasteiger partial charge in [0.15, 0.2) is 0 Å². The number of hydrogen-bond donors (Lipinski definition) is 2. The summed E-state index contributed by atoms with van der Waals surface area (Å²) >= 11 is 5.32. The normalized spacial score (nSPS) is 16.8. The van der Waals surface area contributed by atoms with E-state index >= 15 is 0 Å². The monoisotopic (exact) mass is 166 g/mol. The van der Waals surface area contributed by atoms with Crippen LogP contribution >= 0.6 is 11.6 Å². The number of hydrogen-bond acceptors (Lipinski definition) is 2. The summed E-state index contributed by atoms with van der Waals surface area (Å²) in [4.78, 5) is 0. The van der Waals surface area contributed by atoms with Crippen LogP contribution in [0.1, 0.15) is 26.2 Å². The van der Waals surface area contributed by atoms with E-state index in [0.717, 1.165) is 12.8 Å². The van der Waals surface area contributed by atoms with E-state index in [1.54, 1.807) is 0 Å². The number of unbranched alkanes of at least 4 members (excludes halogenated alkanes) is 1. The van der Waals surface area contributed by atoms with Crippen LogP contribution in [0.2, 0.25) is 0 Å². The summed E-state index contributed by atoms with van der Waals surface area (Å²) in [5.74, 6) is 0.116. The first-order valence-electron chi connectivity index (χ1n) is 3.64. The highest BCUT2D eigenvalue weighted by molar-refractivity contribution is 6.18. The van der Waals surface area contributed by atoms with Crippen molar-refractivity contribution in [1.82, 2.24) is 0 Å². The van der Waals surface area contributed by atoms with Crippen molar-refractivity contribution in [3.63, 3.8) is 0 Å². The fourth-order valence-electron chi connectivity index (χ4n) is 0.708. The molecule has 2 N–H and O–H groups in total. The molecule has 0 aromatic carbocycles. The van der Waals surface area contributed by atoms with Crippen molar-refractivity contribution in [2.75, 3.05) is 5.88 Å². The van der Waals surface area contributed by atoms with Crippen LogP contribution in [-0.2, 0) is 0 Å². The Kier molecular flexibility index (Phi) is 6.08. The Balaban J connectivity index is 3.31. The topological polar surface area (TPSA) is 40.5 Å². The summed E-state index contributed by atoms with van der Waals surface area (Å²) in [5, 5.41) is 18.1. The van der Waals surface area contributed by atoms with Gasteiger partial charge in [-0.1, -0.05) is 19.8 Å². The Morgan fingerprint density at radius 1 is 1.30 bits per heavy atom. The zero-order chi connectivity index (χ0) is 7.98. The number of alkyl halides is 1. The van der Waals surface area contributed by atoms with Gasteiger partial charge in [-0.05, 0) is 6.42 Å². The van der Waals surface area contributed by atoms with Crippen molar-refractivity contribution in [3.8, 4) is 0 Å². The predicted octanol–water partition coefficient (Wildman–Crippen LogP) is 1.14. The minimum atomic E-state index is -0.756. The smallest absolute Gasteiger partial charge is 0.0933 e. The maximum Gasteiger partial charge on any atom is 0.0933 e. The third-order valence-electron chi connectivity index (χ3n) is 1.46. The van der Waals surface area contributed by atoms with E-state index < -0.39 is 12.2 Å².